The van der Waals surface area contributed by atoms with Gasteiger partial charge in [-0.25, -0.2) is 0 Å². The second kappa shape index (κ2) is 7.89. The molecule has 0 spiro atoms. The largest absolute Gasteiger partial charge is 0.293 e. The summed E-state index contributed by atoms with van der Waals surface area (Å²) >= 11 is 0. The Morgan fingerprint density at radius 2 is 1.93 bits per heavy atom. The first kappa shape index (κ1) is 20.6. The normalized spacial score (nSPS) is 32.6. The molecule has 2 fully saturated rings. The Morgan fingerprint density at radius 3 is 2.55 bits per heavy atom. The maximum atomic E-state index is 13.3. The predicted octanol–water partition coefficient (Wildman–Crippen LogP) is 6.40. The topological polar surface area (TPSA) is 32.7 Å². The zero-order valence-electron chi connectivity index (χ0n) is 18.8. The number of benzene rings is 1. The van der Waals surface area contributed by atoms with Gasteiger partial charge in [0.2, 0.25) is 0 Å². The minimum atomic E-state index is 0.221. The van der Waals surface area contributed by atoms with Crippen molar-refractivity contribution in [2.45, 2.75) is 85.1 Å². The standard InChI is InChI=1S/C26H38N2O/c1-5-6-10-15-28-23(19-11-8-7-9-12-19)18-22(27-28)24(29)17-21-16-20-13-14-26(21,4)25(20,2)3/h7-9,11-12,20-21,23H,5-6,10,13-18H2,1-4H3/t20-,21+,23?,26-/m0/s1. The van der Waals surface area contributed by atoms with Crippen LogP contribution in [0.2, 0.25) is 0 Å². The lowest BCUT2D eigenvalue weighted by molar-refractivity contribution is -0.115. The fourth-order valence-electron chi connectivity index (χ4n) is 6.44. The van der Waals surface area contributed by atoms with Crippen LogP contribution in [0.1, 0.15) is 90.7 Å². The molecule has 29 heavy (non-hydrogen) atoms. The maximum Gasteiger partial charge on any atom is 0.179 e. The van der Waals surface area contributed by atoms with Crippen molar-refractivity contribution in [1.82, 2.24) is 5.01 Å². The minimum absolute atomic E-state index is 0.221. The number of nitrogens with zero attached hydrogens (tertiary/aromatic N) is 2. The van der Waals surface area contributed by atoms with Crippen molar-refractivity contribution < 1.29 is 4.79 Å². The average molecular weight is 395 g/mol. The molecule has 3 heteroatoms. The number of hydrogen-bond donors (Lipinski definition) is 0. The van der Waals surface area contributed by atoms with Gasteiger partial charge in [-0.05, 0) is 53.9 Å². The van der Waals surface area contributed by atoms with Crippen LogP contribution in [0.15, 0.2) is 35.4 Å². The van der Waals surface area contributed by atoms with Crippen molar-refractivity contribution in [3.8, 4) is 0 Å². The third kappa shape index (κ3) is 3.55. The van der Waals surface area contributed by atoms with Crippen molar-refractivity contribution in [2.24, 2.45) is 27.8 Å². The van der Waals surface area contributed by atoms with E-state index >= 15 is 0 Å². The molecule has 0 N–H and O–H groups in total. The van der Waals surface area contributed by atoms with E-state index in [4.69, 9.17) is 5.10 Å². The molecule has 2 saturated carbocycles. The van der Waals surface area contributed by atoms with Gasteiger partial charge in [0, 0.05) is 19.4 Å². The third-order valence-electron chi connectivity index (χ3n) is 8.90. The fourth-order valence-corrected chi connectivity index (χ4v) is 6.44. The number of rotatable bonds is 8. The smallest absolute Gasteiger partial charge is 0.179 e. The van der Waals surface area contributed by atoms with Crippen molar-refractivity contribution in [1.29, 1.82) is 0 Å². The number of hydrogen-bond acceptors (Lipinski definition) is 3. The lowest BCUT2D eigenvalue weighted by Gasteiger charge is -2.39. The highest BCUT2D eigenvalue weighted by atomic mass is 16.1. The van der Waals surface area contributed by atoms with E-state index in [0.29, 0.717) is 29.0 Å². The molecule has 2 bridgehead atoms. The summed E-state index contributed by atoms with van der Waals surface area (Å²) in [6, 6.07) is 10.8. The minimum Gasteiger partial charge on any atom is -0.293 e. The molecule has 1 aliphatic heterocycles. The Kier molecular flexibility index (Phi) is 5.61. The molecule has 1 aromatic rings. The highest BCUT2D eigenvalue weighted by Crippen LogP contribution is 2.68. The molecule has 2 aliphatic carbocycles. The van der Waals surface area contributed by atoms with E-state index in [1.807, 2.05) is 0 Å². The molecular formula is C26H38N2O. The predicted molar refractivity (Wildman–Crippen MR) is 120 cm³/mol. The van der Waals surface area contributed by atoms with Crippen molar-refractivity contribution in [3.63, 3.8) is 0 Å². The number of hydrazone groups is 1. The molecule has 1 unspecified atom stereocenters. The molecule has 3 nitrogen and oxygen atoms in total. The molecule has 3 aliphatic rings. The van der Waals surface area contributed by atoms with Crippen molar-refractivity contribution >= 4 is 11.5 Å². The van der Waals surface area contributed by atoms with Crippen LogP contribution in [0.25, 0.3) is 0 Å². The summed E-state index contributed by atoms with van der Waals surface area (Å²) in [4.78, 5) is 13.3. The van der Waals surface area contributed by atoms with Crippen LogP contribution in [0.5, 0.6) is 0 Å². The van der Waals surface area contributed by atoms with Gasteiger partial charge in [-0.15, -0.1) is 0 Å². The van der Waals surface area contributed by atoms with Gasteiger partial charge < -0.3 is 0 Å². The Labute approximate surface area is 176 Å². The van der Waals surface area contributed by atoms with Crippen LogP contribution in [0.3, 0.4) is 0 Å². The number of fused-ring (bicyclic) bond motifs is 2. The van der Waals surface area contributed by atoms with Gasteiger partial charge in [-0.3, -0.25) is 9.80 Å². The zero-order valence-corrected chi connectivity index (χ0v) is 18.8. The molecule has 0 aromatic heterocycles. The summed E-state index contributed by atoms with van der Waals surface area (Å²) in [6.07, 6.45) is 8.88. The Hall–Kier alpha value is -1.64. The molecule has 4 rings (SSSR count). The molecule has 0 radical (unpaired) electrons. The SMILES string of the molecule is CCCCCN1N=C(C(=O)C[C@H]2C[C@@H]3CC[C@]2(C)C3(C)C)CC1c1ccccc1. The number of carbonyl (C=O) groups excluding carboxylic acids is 1. The van der Waals surface area contributed by atoms with Gasteiger partial charge in [-0.1, -0.05) is 70.9 Å². The number of ketones is 1. The second-order valence-corrected chi connectivity index (χ2v) is 10.5. The number of Topliss-reactive ketones (excluding diaryl/α,β-unsaturated/α-hetero) is 1. The third-order valence-corrected chi connectivity index (χ3v) is 8.90. The second-order valence-electron chi connectivity index (χ2n) is 10.5. The van der Waals surface area contributed by atoms with Gasteiger partial charge in [0.1, 0.15) is 5.71 Å². The van der Waals surface area contributed by atoms with Gasteiger partial charge in [0.25, 0.3) is 0 Å². The highest BCUT2D eigenvalue weighted by molar-refractivity contribution is 6.40. The first-order chi connectivity index (χ1) is 13.9. The highest BCUT2D eigenvalue weighted by Gasteiger charge is 2.61. The summed E-state index contributed by atoms with van der Waals surface area (Å²) in [5, 5.41) is 7.08. The van der Waals surface area contributed by atoms with E-state index < -0.39 is 0 Å². The summed E-state index contributed by atoms with van der Waals surface area (Å²) in [5.41, 5.74) is 2.78. The van der Waals surface area contributed by atoms with E-state index in [9.17, 15) is 4.79 Å². The zero-order chi connectivity index (χ0) is 20.6. The van der Waals surface area contributed by atoms with Crippen LogP contribution in [0.4, 0.5) is 0 Å². The van der Waals surface area contributed by atoms with E-state index in [2.05, 4.69) is 63.0 Å². The summed E-state index contributed by atoms with van der Waals surface area (Å²) in [7, 11) is 0. The molecule has 1 heterocycles. The summed E-state index contributed by atoms with van der Waals surface area (Å²) < 4.78 is 0. The lowest BCUT2D eigenvalue weighted by atomic mass is 9.65. The maximum absolute atomic E-state index is 13.3. The van der Waals surface area contributed by atoms with E-state index in [1.54, 1.807) is 0 Å². The van der Waals surface area contributed by atoms with E-state index in [0.717, 1.165) is 31.0 Å². The summed E-state index contributed by atoms with van der Waals surface area (Å²) in [6.45, 7) is 10.5. The number of unbranched alkanes of at least 4 members (excludes halogenated alkanes) is 2. The average Bonchev–Trinajstić information content (AvgIpc) is 3.29. The Morgan fingerprint density at radius 1 is 1.17 bits per heavy atom. The lowest BCUT2D eigenvalue weighted by Crippen LogP contribution is -2.34. The monoisotopic (exact) mass is 394 g/mol. The van der Waals surface area contributed by atoms with Gasteiger partial charge in [0.05, 0.1) is 6.04 Å². The Bertz CT molecular complexity index is 768. The Balaban J connectivity index is 1.47. The van der Waals surface area contributed by atoms with Gasteiger partial charge in [-0.2, -0.15) is 5.10 Å². The molecular weight excluding hydrogens is 356 g/mol. The molecule has 1 aromatic carbocycles. The van der Waals surface area contributed by atoms with Crippen LogP contribution in [0, 0.1) is 22.7 Å². The van der Waals surface area contributed by atoms with Gasteiger partial charge >= 0.3 is 0 Å². The van der Waals surface area contributed by atoms with E-state index in [1.165, 1.54) is 37.7 Å². The molecule has 0 saturated heterocycles. The van der Waals surface area contributed by atoms with Crippen LogP contribution < -0.4 is 0 Å². The van der Waals surface area contributed by atoms with Crippen LogP contribution in [-0.2, 0) is 4.79 Å². The van der Waals surface area contributed by atoms with Crippen LogP contribution in [-0.4, -0.2) is 23.0 Å². The van der Waals surface area contributed by atoms with E-state index in [-0.39, 0.29) is 6.04 Å². The quantitative estimate of drug-likeness (QED) is 0.478. The van der Waals surface area contributed by atoms with Crippen molar-refractivity contribution in [2.75, 3.05) is 6.54 Å². The van der Waals surface area contributed by atoms with Crippen LogP contribution >= 0.6 is 0 Å². The first-order valence-corrected chi connectivity index (χ1v) is 11.8. The molecule has 0 amide bonds. The van der Waals surface area contributed by atoms with Crippen molar-refractivity contribution in [3.05, 3.63) is 35.9 Å². The fraction of sp³-hybridized carbons (Fsp3) is 0.692. The molecule has 158 valence electrons. The first-order valence-electron chi connectivity index (χ1n) is 11.8. The molecule has 4 atom stereocenters. The summed E-state index contributed by atoms with van der Waals surface area (Å²) in [5.74, 6) is 1.62. The van der Waals surface area contributed by atoms with Gasteiger partial charge in [0.15, 0.2) is 5.78 Å². The number of carbonyl (C=O) groups is 1.